The molecule has 0 unspecified atom stereocenters. The van der Waals surface area contributed by atoms with Gasteiger partial charge in [0.2, 0.25) is 0 Å². The SMILES string of the molecule is C/C=C\c1ccc(-c2cc(NC3CCN(C(=O)OC(C)(C)C)CC3)cc3nccnc23)cc1C. The summed E-state index contributed by atoms with van der Waals surface area (Å²) in [5.41, 5.74) is 6.93. The Labute approximate surface area is 202 Å². The molecule has 1 aromatic heterocycles. The number of anilines is 1. The van der Waals surface area contributed by atoms with Crippen molar-refractivity contribution in [3.05, 3.63) is 59.9 Å². The summed E-state index contributed by atoms with van der Waals surface area (Å²) in [6.45, 7) is 11.2. The number of carbonyl (C=O) groups is 1. The highest BCUT2D eigenvalue weighted by atomic mass is 16.6. The predicted molar refractivity (Wildman–Crippen MR) is 139 cm³/mol. The average Bonchev–Trinajstić information content (AvgIpc) is 2.79. The monoisotopic (exact) mass is 458 g/mol. The second-order valence-corrected chi connectivity index (χ2v) is 9.91. The first-order valence-corrected chi connectivity index (χ1v) is 12.0. The Kier molecular flexibility index (Phi) is 6.87. The van der Waals surface area contributed by atoms with Gasteiger partial charge in [0.05, 0.1) is 11.0 Å². The van der Waals surface area contributed by atoms with Crippen LogP contribution in [0.15, 0.2) is 48.8 Å². The molecule has 0 aliphatic carbocycles. The molecule has 1 aliphatic heterocycles. The molecule has 1 aliphatic rings. The molecule has 1 amide bonds. The van der Waals surface area contributed by atoms with E-state index in [0.29, 0.717) is 13.1 Å². The number of nitrogens with one attached hydrogen (secondary N) is 1. The van der Waals surface area contributed by atoms with Crippen LogP contribution in [0.3, 0.4) is 0 Å². The van der Waals surface area contributed by atoms with Crippen molar-refractivity contribution < 1.29 is 9.53 Å². The fraction of sp³-hybridized carbons (Fsp3) is 0.393. The molecule has 1 fully saturated rings. The standard InChI is InChI=1S/C28H34N4O2/c1-6-7-20-8-9-21(16-19(20)2)24-17-23(18-25-26(24)30-13-12-29-25)31-22-10-14-32(15-11-22)27(33)34-28(3,4)5/h6-9,12-13,16-18,22,31H,10-11,14-15H2,1-5H3/b7-6-. The van der Waals surface area contributed by atoms with Crippen molar-refractivity contribution in [1.29, 1.82) is 0 Å². The lowest BCUT2D eigenvalue weighted by atomic mass is 9.97. The molecule has 0 radical (unpaired) electrons. The molecular weight excluding hydrogens is 424 g/mol. The van der Waals surface area contributed by atoms with E-state index < -0.39 is 5.60 Å². The quantitative estimate of drug-likeness (QED) is 0.487. The van der Waals surface area contributed by atoms with Crippen molar-refractivity contribution in [2.45, 2.75) is 59.1 Å². The van der Waals surface area contributed by atoms with Crippen LogP contribution in [-0.2, 0) is 4.74 Å². The van der Waals surface area contributed by atoms with Crippen LogP contribution in [0.5, 0.6) is 0 Å². The highest BCUT2D eigenvalue weighted by molar-refractivity contribution is 5.94. The number of carbonyl (C=O) groups excluding carboxylic acids is 1. The third kappa shape index (κ3) is 5.56. The number of hydrogen-bond acceptors (Lipinski definition) is 5. The van der Waals surface area contributed by atoms with Crippen LogP contribution in [-0.4, -0.2) is 45.7 Å². The summed E-state index contributed by atoms with van der Waals surface area (Å²) in [6.07, 6.45) is 9.15. The molecule has 3 aromatic rings. The Morgan fingerprint density at radius 2 is 1.85 bits per heavy atom. The van der Waals surface area contributed by atoms with E-state index in [1.54, 1.807) is 17.3 Å². The molecule has 6 heteroatoms. The molecule has 4 rings (SSSR count). The van der Waals surface area contributed by atoms with Gasteiger partial charge in [-0.25, -0.2) is 4.79 Å². The van der Waals surface area contributed by atoms with Crippen LogP contribution in [0.4, 0.5) is 10.5 Å². The van der Waals surface area contributed by atoms with Crippen molar-refractivity contribution in [1.82, 2.24) is 14.9 Å². The van der Waals surface area contributed by atoms with Gasteiger partial charge in [0.1, 0.15) is 5.60 Å². The molecule has 2 aromatic carbocycles. The molecule has 6 nitrogen and oxygen atoms in total. The molecule has 1 saturated heterocycles. The number of benzene rings is 2. The zero-order valence-electron chi connectivity index (χ0n) is 20.8. The summed E-state index contributed by atoms with van der Waals surface area (Å²) >= 11 is 0. The number of ether oxygens (including phenoxy) is 1. The average molecular weight is 459 g/mol. The molecule has 0 atom stereocenters. The van der Waals surface area contributed by atoms with Crippen molar-refractivity contribution in [3.8, 4) is 11.1 Å². The first kappa shape index (κ1) is 23.7. The zero-order chi connectivity index (χ0) is 24.3. The normalized spacial score (nSPS) is 15.1. The van der Waals surface area contributed by atoms with E-state index in [9.17, 15) is 4.79 Å². The molecule has 178 valence electrons. The van der Waals surface area contributed by atoms with Crippen LogP contribution in [0, 0.1) is 6.92 Å². The minimum absolute atomic E-state index is 0.231. The van der Waals surface area contributed by atoms with Gasteiger partial charge < -0.3 is 15.0 Å². The Hall–Kier alpha value is -3.41. The molecule has 0 spiro atoms. The summed E-state index contributed by atoms with van der Waals surface area (Å²) in [5, 5.41) is 3.68. The predicted octanol–water partition coefficient (Wildman–Crippen LogP) is 6.45. The number of aromatic nitrogens is 2. The summed E-state index contributed by atoms with van der Waals surface area (Å²) in [5.74, 6) is 0. The number of fused-ring (bicyclic) bond motifs is 1. The van der Waals surface area contributed by atoms with E-state index in [1.165, 1.54) is 11.1 Å². The number of likely N-dealkylation sites (tertiary alicyclic amines) is 1. The zero-order valence-corrected chi connectivity index (χ0v) is 20.8. The van der Waals surface area contributed by atoms with E-state index in [-0.39, 0.29) is 12.1 Å². The van der Waals surface area contributed by atoms with Gasteiger partial charge in [-0.15, -0.1) is 0 Å². The summed E-state index contributed by atoms with van der Waals surface area (Å²) in [4.78, 5) is 23.4. The van der Waals surface area contributed by atoms with Gasteiger partial charge >= 0.3 is 6.09 Å². The topological polar surface area (TPSA) is 67.4 Å². The molecule has 0 saturated carbocycles. The fourth-order valence-electron chi connectivity index (χ4n) is 4.36. The minimum Gasteiger partial charge on any atom is -0.444 e. The van der Waals surface area contributed by atoms with Gasteiger partial charge in [0, 0.05) is 42.8 Å². The maximum Gasteiger partial charge on any atom is 0.410 e. The number of allylic oxidation sites excluding steroid dienone is 1. The molecule has 2 heterocycles. The second-order valence-electron chi connectivity index (χ2n) is 9.91. The minimum atomic E-state index is -0.474. The first-order valence-electron chi connectivity index (χ1n) is 12.0. The third-order valence-corrected chi connectivity index (χ3v) is 6.02. The van der Waals surface area contributed by atoms with Gasteiger partial charge in [-0.3, -0.25) is 9.97 Å². The first-order chi connectivity index (χ1) is 16.2. The van der Waals surface area contributed by atoms with Gasteiger partial charge in [0.25, 0.3) is 0 Å². The Morgan fingerprint density at radius 3 is 2.53 bits per heavy atom. The molecule has 34 heavy (non-hydrogen) atoms. The van der Waals surface area contributed by atoms with Crippen LogP contribution in [0.2, 0.25) is 0 Å². The summed E-state index contributed by atoms with van der Waals surface area (Å²) in [7, 11) is 0. The number of nitrogens with zero attached hydrogens (tertiary/aromatic N) is 3. The Balaban J connectivity index is 1.55. The molecule has 0 bridgehead atoms. The van der Waals surface area contributed by atoms with E-state index in [4.69, 9.17) is 4.74 Å². The highest BCUT2D eigenvalue weighted by Crippen LogP contribution is 2.32. The number of hydrogen-bond donors (Lipinski definition) is 1. The number of aryl methyl sites for hydroxylation is 1. The third-order valence-electron chi connectivity index (χ3n) is 6.02. The van der Waals surface area contributed by atoms with Crippen molar-refractivity contribution in [2.24, 2.45) is 0 Å². The lowest BCUT2D eigenvalue weighted by Crippen LogP contribution is -2.44. The van der Waals surface area contributed by atoms with Crippen molar-refractivity contribution >= 4 is 28.9 Å². The lowest BCUT2D eigenvalue weighted by Gasteiger charge is -2.34. The largest absolute Gasteiger partial charge is 0.444 e. The van der Waals surface area contributed by atoms with Gasteiger partial charge in [-0.2, -0.15) is 0 Å². The maximum atomic E-state index is 12.4. The van der Waals surface area contributed by atoms with Gasteiger partial charge in [0.15, 0.2) is 0 Å². The highest BCUT2D eigenvalue weighted by Gasteiger charge is 2.27. The fourth-order valence-corrected chi connectivity index (χ4v) is 4.36. The lowest BCUT2D eigenvalue weighted by molar-refractivity contribution is 0.0210. The number of piperidine rings is 1. The number of rotatable bonds is 4. The Morgan fingerprint density at radius 1 is 1.12 bits per heavy atom. The van der Waals surface area contributed by atoms with Gasteiger partial charge in [-0.1, -0.05) is 30.4 Å². The van der Waals surface area contributed by atoms with E-state index in [1.807, 2.05) is 27.7 Å². The Bertz CT molecular complexity index is 1200. The van der Waals surface area contributed by atoms with Crippen molar-refractivity contribution in [2.75, 3.05) is 18.4 Å². The summed E-state index contributed by atoms with van der Waals surface area (Å²) < 4.78 is 5.52. The van der Waals surface area contributed by atoms with E-state index in [0.717, 1.165) is 40.7 Å². The maximum absolute atomic E-state index is 12.4. The van der Waals surface area contributed by atoms with Crippen LogP contribution in [0.1, 0.15) is 51.7 Å². The molecule has 1 N–H and O–H groups in total. The summed E-state index contributed by atoms with van der Waals surface area (Å²) in [6, 6.07) is 11.0. The van der Waals surface area contributed by atoms with Crippen LogP contribution < -0.4 is 5.32 Å². The smallest absolute Gasteiger partial charge is 0.410 e. The van der Waals surface area contributed by atoms with Gasteiger partial charge in [-0.05, 0) is 76.3 Å². The second kappa shape index (κ2) is 9.84. The van der Waals surface area contributed by atoms with E-state index >= 15 is 0 Å². The number of amides is 1. The molecular formula is C28H34N4O2. The van der Waals surface area contributed by atoms with Crippen LogP contribution >= 0.6 is 0 Å². The van der Waals surface area contributed by atoms with Crippen LogP contribution in [0.25, 0.3) is 28.2 Å². The van der Waals surface area contributed by atoms with Crippen molar-refractivity contribution in [3.63, 3.8) is 0 Å². The van der Waals surface area contributed by atoms with E-state index in [2.05, 4.69) is 64.7 Å².